The van der Waals surface area contributed by atoms with E-state index in [0.717, 1.165) is 0 Å². The van der Waals surface area contributed by atoms with Gasteiger partial charge in [-0.1, -0.05) is 56.3 Å². The lowest BCUT2D eigenvalue weighted by Gasteiger charge is -2.26. The Hall–Kier alpha value is -4.91. The van der Waals surface area contributed by atoms with Crippen LogP contribution in [0.5, 0.6) is 17.2 Å². The summed E-state index contributed by atoms with van der Waals surface area (Å²) < 4.78 is 16.4. The van der Waals surface area contributed by atoms with Gasteiger partial charge in [0.2, 0.25) is 5.91 Å². The fourth-order valence-electron chi connectivity index (χ4n) is 5.02. The second-order valence-corrected chi connectivity index (χ2v) is 10.8. The van der Waals surface area contributed by atoms with Crippen molar-refractivity contribution in [3.63, 3.8) is 0 Å². The molecule has 0 N–H and O–H groups in total. The molecule has 4 aromatic carbocycles. The van der Waals surface area contributed by atoms with Crippen molar-refractivity contribution in [1.29, 1.82) is 0 Å². The molecule has 1 amide bonds. The number of carbonyl (C=O) groups is 3. The smallest absolute Gasteiger partial charge is 0.311 e. The minimum absolute atomic E-state index is 0.0273. The molecule has 7 nitrogen and oxygen atoms in total. The van der Waals surface area contributed by atoms with E-state index >= 15 is 0 Å². The van der Waals surface area contributed by atoms with Crippen LogP contribution >= 0.6 is 0 Å². The maximum Gasteiger partial charge on any atom is 0.311 e. The summed E-state index contributed by atoms with van der Waals surface area (Å²) in [5.41, 5.74) is 3.37. The second kappa shape index (κ2) is 12.3. The third-order valence-electron chi connectivity index (χ3n) is 7.67. The van der Waals surface area contributed by atoms with Gasteiger partial charge in [0.1, 0.15) is 17.2 Å². The summed E-state index contributed by atoms with van der Waals surface area (Å²) in [6.45, 7) is 4.20. The van der Waals surface area contributed by atoms with Crippen molar-refractivity contribution in [1.82, 2.24) is 0 Å². The van der Waals surface area contributed by atoms with Gasteiger partial charge in [-0.2, -0.15) is 0 Å². The molecule has 1 atom stereocenters. The Morgan fingerprint density at radius 1 is 0.786 bits per heavy atom. The molecule has 1 saturated heterocycles. The number of rotatable bonds is 10. The number of hydrogen-bond donors (Lipinski definition) is 0. The van der Waals surface area contributed by atoms with Gasteiger partial charge in [0.05, 0.1) is 13.0 Å². The summed E-state index contributed by atoms with van der Waals surface area (Å²) in [6, 6.07) is 32.2. The van der Waals surface area contributed by atoms with E-state index < -0.39 is 11.9 Å². The maximum absolute atomic E-state index is 12.7. The van der Waals surface area contributed by atoms with E-state index in [0.29, 0.717) is 28.5 Å². The fourth-order valence-corrected chi connectivity index (χ4v) is 5.02. The normalized spacial score (nSPS) is 14.9. The van der Waals surface area contributed by atoms with Crippen molar-refractivity contribution in [3.05, 3.63) is 120 Å². The number of ether oxygens (including phenoxy) is 3. The Bertz CT molecular complexity index is 1540. The number of amides is 1. The van der Waals surface area contributed by atoms with Crippen LogP contribution in [-0.2, 0) is 19.7 Å². The van der Waals surface area contributed by atoms with Gasteiger partial charge >= 0.3 is 5.97 Å². The Morgan fingerprint density at radius 2 is 1.36 bits per heavy atom. The molecule has 0 unspecified atom stereocenters. The lowest BCUT2D eigenvalue weighted by Crippen LogP contribution is -2.27. The molecule has 0 aromatic heterocycles. The number of anilines is 1. The highest BCUT2D eigenvalue weighted by Gasteiger charge is 2.36. The monoisotopic (exact) mass is 563 g/mol. The number of carbonyl (C=O) groups excluding carboxylic acids is 3. The lowest BCUT2D eigenvalue weighted by atomic mass is 9.78. The third-order valence-corrected chi connectivity index (χ3v) is 7.67. The number of methoxy groups -OCH3 is 1. The first-order chi connectivity index (χ1) is 20.2. The van der Waals surface area contributed by atoms with Crippen molar-refractivity contribution >= 4 is 23.3 Å². The average molecular weight is 564 g/mol. The Labute approximate surface area is 245 Å². The maximum atomic E-state index is 12.7. The molecule has 0 aliphatic carbocycles. The van der Waals surface area contributed by atoms with Gasteiger partial charge in [0.25, 0.3) is 0 Å². The van der Waals surface area contributed by atoms with Gasteiger partial charge in [-0.3, -0.25) is 14.4 Å². The molecule has 1 heterocycles. The molecule has 5 rings (SSSR count). The van der Waals surface area contributed by atoms with Crippen molar-refractivity contribution in [3.8, 4) is 17.2 Å². The molecule has 0 radical (unpaired) electrons. The molecular weight excluding hydrogens is 530 g/mol. The van der Waals surface area contributed by atoms with Gasteiger partial charge in [0, 0.05) is 29.6 Å². The van der Waals surface area contributed by atoms with E-state index in [9.17, 15) is 14.4 Å². The van der Waals surface area contributed by atoms with E-state index in [2.05, 4.69) is 38.1 Å². The molecular formula is C35H33NO6. The van der Waals surface area contributed by atoms with Crippen molar-refractivity contribution in [2.75, 3.05) is 25.2 Å². The third kappa shape index (κ3) is 6.36. The molecule has 214 valence electrons. The quantitative estimate of drug-likeness (QED) is 0.160. The zero-order valence-electron chi connectivity index (χ0n) is 23.9. The zero-order chi connectivity index (χ0) is 29.7. The number of Topliss-reactive ketones (excluding diaryl/α,β-unsaturated/α-hetero) is 1. The summed E-state index contributed by atoms with van der Waals surface area (Å²) in [4.78, 5) is 39.3. The predicted octanol–water partition coefficient (Wildman–Crippen LogP) is 6.59. The SMILES string of the molecule is COc1ccc(C(=O)COC(=O)[C@H]2CC(=O)N(c3ccc(Oc4ccc(C(C)(C)c5ccccc5)cc4)cc3)C2)cc1. The fraction of sp³-hybridized carbons (Fsp3) is 0.229. The van der Waals surface area contributed by atoms with Crippen LogP contribution in [0.25, 0.3) is 0 Å². The molecule has 1 aliphatic heterocycles. The van der Waals surface area contributed by atoms with Crippen LogP contribution in [0.15, 0.2) is 103 Å². The van der Waals surface area contributed by atoms with Gasteiger partial charge in [0.15, 0.2) is 12.4 Å². The number of nitrogens with zero attached hydrogens (tertiary/aromatic N) is 1. The first-order valence-electron chi connectivity index (χ1n) is 13.8. The van der Waals surface area contributed by atoms with E-state index in [1.807, 2.05) is 30.3 Å². The highest BCUT2D eigenvalue weighted by molar-refractivity contribution is 6.01. The van der Waals surface area contributed by atoms with Crippen LogP contribution in [0.2, 0.25) is 0 Å². The summed E-state index contributed by atoms with van der Waals surface area (Å²) in [6.07, 6.45) is 0.0273. The van der Waals surface area contributed by atoms with Crippen LogP contribution in [0, 0.1) is 5.92 Å². The van der Waals surface area contributed by atoms with Crippen LogP contribution in [0.1, 0.15) is 41.8 Å². The Kier molecular flexibility index (Phi) is 8.38. The molecule has 1 fully saturated rings. The average Bonchev–Trinajstić information content (AvgIpc) is 3.42. The molecule has 0 bridgehead atoms. The number of benzene rings is 4. The number of ketones is 1. The van der Waals surface area contributed by atoms with Crippen LogP contribution in [0.4, 0.5) is 5.69 Å². The van der Waals surface area contributed by atoms with Crippen molar-refractivity contribution < 1.29 is 28.6 Å². The summed E-state index contributed by atoms with van der Waals surface area (Å²) in [5.74, 6) is 0.265. The van der Waals surface area contributed by atoms with Crippen molar-refractivity contribution in [2.45, 2.75) is 25.7 Å². The number of esters is 1. The summed E-state index contributed by atoms with van der Waals surface area (Å²) in [7, 11) is 1.54. The van der Waals surface area contributed by atoms with E-state index in [-0.39, 0.29) is 36.7 Å². The molecule has 4 aromatic rings. The Morgan fingerprint density at radius 3 is 1.98 bits per heavy atom. The molecule has 0 saturated carbocycles. The van der Waals surface area contributed by atoms with E-state index in [4.69, 9.17) is 14.2 Å². The highest BCUT2D eigenvalue weighted by Crippen LogP contribution is 2.34. The van der Waals surface area contributed by atoms with Gasteiger partial charge in [-0.15, -0.1) is 0 Å². The minimum Gasteiger partial charge on any atom is -0.497 e. The lowest BCUT2D eigenvalue weighted by molar-refractivity contribution is -0.147. The molecule has 42 heavy (non-hydrogen) atoms. The summed E-state index contributed by atoms with van der Waals surface area (Å²) in [5, 5.41) is 0. The first-order valence-corrected chi connectivity index (χ1v) is 13.8. The highest BCUT2D eigenvalue weighted by atomic mass is 16.5. The van der Waals surface area contributed by atoms with Gasteiger partial charge in [-0.05, 0) is 71.8 Å². The van der Waals surface area contributed by atoms with E-state index in [1.165, 1.54) is 11.1 Å². The van der Waals surface area contributed by atoms with E-state index in [1.54, 1.807) is 60.5 Å². The molecule has 0 spiro atoms. The number of hydrogen-bond acceptors (Lipinski definition) is 6. The standard InChI is InChI=1S/C35H33NO6/c1-35(2,26-7-5-4-6-8-26)27-11-17-30(18-12-27)42-31-19-13-28(14-20-31)36-22-25(21-33(36)38)34(39)41-23-32(37)24-9-15-29(40-3)16-10-24/h4-20,25H,21-23H2,1-3H3/t25-/m0/s1. The molecule has 7 heteroatoms. The van der Waals surface area contributed by atoms with Crippen molar-refractivity contribution in [2.24, 2.45) is 5.92 Å². The minimum atomic E-state index is -0.643. The zero-order valence-corrected chi connectivity index (χ0v) is 23.9. The molecule has 1 aliphatic rings. The summed E-state index contributed by atoms with van der Waals surface area (Å²) >= 11 is 0. The van der Waals surface area contributed by atoms with Gasteiger partial charge < -0.3 is 19.1 Å². The topological polar surface area (TPSA) is 82.1 Å². The second-order valence-electron chi connectivity index (χ2n) is 10.8. The van der Waals surface area contributed by atoms with Crippen LogP contribution in [0.3, 0.4) is 0 Å². The van der Waals surface area contributed by atoms with Gasteiger partial charge in [-0.25, -0.2) is 0 Å². The predicted molar refractivity (Wildman–Crippen MR) is 160 cm³/mol. The first kappa shape index (κ1) is 28.6. The van der Waals surface area contributed by atoms with Crippen LogP contribution in [-0.4, -0.2) is 37.9 Å². The van der Waals surface area contributed by atoms with Crippen LogP contribution < -0.4 is 14.4 Å². The Balaban J connectivity index is 1.15. The largest absolute Gasteiger partial charge is 0.497 e.